The maximum atomic E-state index is 13.1. The summed E-state index contributed by atoms with van der Waals surface area (Å²) in [4.78, 5) is 73.3. The van der Waals surface area contributed by atoms with Gasteiger partial charge < -0.3 is 36.0 Å². The lowest BCUT2D eigenvalue weighted by Crippen LogP contribution is -2.73. The Morgan fingerprint density at radius 3 is 2.78 bits per heavy atom. The fourth-order valence-corrected chi connectivity index (χ4v) is 4.95. The highest BCUT2D eigenvalue weighted by atomic mass is 32.1. The molecule has 3 aliphatic rings. The molecule has 214 valence electrons. The molecule has 0 bridgehead atoms. The number of ether oxygens (including phenoxy) is 1. The number of nitrogens with zero attached hydrogens (tertiary/aromatic N) is 5. The summed E-state index contributed by atoms with van der Waals surface area (Å²) in [5.74, 6) is -3.66. The van der Waals surface area contributed by atoms with Crippen LogP contribution in [0.25, 0.3) is 0 Å². The van der Waals surface area contributed by atoms with Gasteiger partial charge in [-0.25, -0.2) is 9.78 Å². The van der Waals surface area contributed by atoms with Gasteiger partial charge in [-0.1, -0.05) is 10.3 Å². The number of rotatable bonds is 9. The van der Waals surface area contributed by atoms with E-state index < -0.39 is 54.0 Å². The molecule has 2 aromatic heterocycles. The molecule has 2 saturated heterocycles. The molecule has 0 saturated carbocycles. The third-order valence-electron chi connectivity index (χ3n) is 6.26. The van der Waals surface area contributed by atoms with Gasteiger partial charge >= 0.3 is 5.97 Å². The number of carboxylic acid groups (broad SMARTS) is 1. The molecule has 18 heteroatoms. The minimum atomic E-state index is -1.46. The number of fused-ring (bicyclic) bond motifs is 1. The smallest absolute Gasteiger partial charge is 0.356 e. The summed E-state index contributed by atoms with van der Waals surface area (Å²) in [7, 11) is 0. The molecule has 5 heterocycles. The summed E-state index contributed by atoms with van der Waals surface area (Å²) in [5.41, 5.74) is 10.1. The second kappa shape index (κ2) is 10.7. The van der Waals surface area contributed by atoms with E-state index in [4.69, 9.17) is 25.6 Å². The predicted octanol–water partition coefficient (Wildman–Crippen LogP) is -1.39. The fraction of sp³-hybridized carbons (Fsp3) is 0.304. The Kier molecular flexibility index (Phi) is 7.14. The summed E-state index contributed by atoms with van der Waals surface area (Å²) < 4.78 is 10.7. The van der Waals surface area contributed by atoms with Crippen molar-refractivity contribution in [3.05, 3.63) is 46.0 Å². The van der Waals surface area contributed by atoms with Crippen LogP contribution in [0.15, 0.2) is 44.2 Å². The highest BCUT2D eigenvalue weighted by molar-refractivity contribution is 7.13. The van der Waals surface area contributed by atoms with Crippen LogP contribution in [0.2, 0.25) is 0 Å². The van der Waals surface area contributed by atoms with Crippen molar-refractivity contribution < 1.29 is 43.2 Å². The van der Waals surface area contributed by atoms with Crippen LogP contribution >= 0.6 is 11.3 Å². The van der Waals surface area contributed by atoms with Crippen molar-refractivity contribution in [1.82, 2.24) is 20.4 Å². The zero-order valence-corrected chi connectivity index (χ0v) is 22.0. The Morgan fingerprint density at radius 2 is 2.15 bits per heavy atom. The number of carbonyl (C=O) groups is 5. The summed E-state index contributed by atoms with van der Waals surface area (Å²) >= 11 is 1.02. The van der Waals surface area contributed by atoms with E-state index in [1.54, 1.807) is 13.0 Å². The first kappa shape index (κ1) is 27.3. The first-order valence-electron chi connectivity index (χ1n) is 11.9. The van der Waals surface area contributed by atoms with Crippen molar-refractivity contribution in [2.75, 3.05) is 30.4 Å². The number of β-lactam (4-membered cyclic amide) rings is 1. The molecule has 41 heavy (non-hydrogen) atoms. The summed E-state index contributed by atoms with van der Waals surface area (Å²) in [6.07, 6.45) is 1.57. The molecular formula is C23H22N8O9S. The average Bonchev–Trinajstić information content (AvgIpc) is 3.64. The van der Waals surface area contributed by atoms with Crippen molar-refractivity contribution in [2.45, 2.75) is 25.4 Å². The number of carbonyl (C=O) groups excluding carboxylic acids is 4. The monoisotopic (exact) mass is 586 g/mol. The summed E-state index contributed by atoms with van der Waals surface area (Å²) in [5, 5.41) is 21.4. The fourth-order valence-electron chi connectivity index (χ4n) is 4.41. The third-order valence-corrected chi connectivity index (χ3v) is 6.93. The molecule has 17 nitrogen and oxygen atoms in total. The molecule has 6 N–H and O–H groups in total. The number of nitrogens with one attached hydrogen (secondary N) is 1. The quantitative estimate of drug-likeness (QED) is 0.115. The molecule has 0 aliphatic carbocycles. The lowest BCUT2D eigenvalue weighted by molar-refractivity contribution is -0.159. The molecule has 2 fully saturated rings. The number of hydrogen-bond donors (Lipinski definition) is 4. The Balaban J connectivity index is 1.34. The average molecular weight is 587 g/mol. The number of primary amides is 1. The number of anilines is 2. The largest absolute Gasteiger partial charge is 0.489 e. The van der Waals surface area contributed by atoms with Gasteiger partial charge in [0.1, 0.15) is 30.1 Å². The van der Waals surface area contributed by atoms with E-state index in [2.05, 4.69) is 20.6 Å². The number of thiazole rings is 1. The maximum absolute atomic E-state index is 13.1. The lowest BCUT2D eigenvalue weighted by atomic mass is 9.92. The number of aromatic nitrogens is 2. The number of carboxylic acids is 1. The number of aryl methyl sites for hydroxylation is 1. The van der Waals surface area contributed by atoms with Crippen LogP contribution < -0.4 is 21.7 Å². The van der Waals surface area contributed by atoms with E-state index in [0.717, 1.165) is 16.2 Å². The van der Waals surface area contributed by atoms with Crippen LogP contribution in [-0.4, -0.2) is 87.3 Å². The number of aliphatic carboxylic acids is 1. The van der Waals surface area contributed by atoms with E-state index in [1.807, 2.05) is 0 Å². The SMILES string of the molecule is Cc1cc(N2CC/C(=C\C3=C(C(=O)O)N4C(=O)C(NC(=O)/C(=N\OCC(N)=O)c5csc(N)n5)[C@H]4CO3)C2=O)no1. The molecule has 0 aromatic carbocycles. The van der Waals surface area contributed by atoms with E-state index >= 15 is 0 Å². The van der Waals surface area contributed by atoms with Gasteiger partial charge in [0, 0.05) is 23.6 Å². The first-order chi connectivity index (χ1) is 19.5. The van der Waals surface area contributed by atoms with Crippen LogP contribution in [0, 0.1) is 6.92 Å². The van der Waals surface area contributed by atoms with Crippen LogP contribution in [-0.2, 0) is 33.5 Å². The lowest BCUT2D eigenvalue weighted by Gasteiger charge is -2.49. The Morgan fingerprint density at radius 1 is 1.37 bits per heavy atom. The van der Waals surface area contributed by atoms with Crippen LogP contribution in [0.4, 0.5) is 10.9 Å². The Bertz CT molecular complexity index is 1560. The molecule has 2 aromatic rings. The van der Waals surface area contributed by atoms with Gasteiger partial charge in [0.25, 0.3) is 23.6 Å². The first-order valence-corrected chi connectivity index (χ1v) is 12.8. The van der Waals surface area contributed by atoms with Gasteiger partial charge in [-0.05, 0) is 19.4 Å². The van der Waals surface area contributed by atoms with Gasteiger partial charge in [0.15, 0.2) is 34.7 Å². The van der Waals surface area contributed by atoms with Gasteiger partial charge in [0.05, 0.1) is 0 Å². The molecule has 3 aliphatic heterocycles. The standard InChI is InChI=1S/C23H22N8O9S/c1-9-4-15(28-40-9)30-3-2-10(20(30)34)5-13-18(22(36)37)31-12(6-38-13)17(21(31)35)27-19(33)16(29-39-7-14(24)32)11-8-41-23(25)26-11/h4-5,8,12,17H,2-3,6-7H2,1H3,(H2,24,32)(H2,25,26)(H,27,33)(H,36,37)/b10-5+,29-16-/t12-,17?/m1/s1. The zero-order chi connectivity index (χ0) is 29.4. The normalized spacial score (nSPS) is 21.5. The number of nitrogens with two attached hydrogens (primary N) is 2. The molecule has 2 atom stereocenters. The highest BCUT2D eigenvalue weighted by Gasteiger charge is 2.55. The number of nitrogen functional groups attached to an aromatic ring is 1. The van der Waals surface area contributed by atoms with Crippen molar-refractivity contribution in [3.63, 3.8) is 0 Å². The van der Waals surface area contributed by atoms with Gasteiger partial charge in [-0.2, -0.15) is 0 Å². The molecule has 0 spiro atoms. The predicted molar refractivity (Wildman–Crippen MR) is 138 cm³/mol. The van der Waals surface area contributed by atoms with Gasteiger partial charge in [-0.3, -0.25) is 29.0 Å². The highest BCUT2D eigenvalue weighted by Crippen LogP contribution is 2.35. The summed E-state index contributed by atoms with van der Waals surface area (Å²) in [6, 6.07) is -0.453. The van der Waals surface area contributed by atoms with E-state index in [0.29, 0.717) is 18.1 Å². The van der Waals surface area contributed by atoms with E-state index in [1.165, 1.54) is 16.4 Å². The van der Waals surface area contributed by atoms with E-state index in [-0.39, 0.29) is 40.9 Å². The van der Waals surface area contributed by atoms with Gasteiger partial charge in [0.2, 0.25) is 0 Å². The molecule has 0 radical (unpaired) electrons. The summed E-state index contributed by atoms with van der Waals surface area (Å²) in [6.45, 7) is 1.18. The van der Waals surface area contributed by atoms with Gasteiger partial charge in [-0.15, -0.1) is 11.3 Å². The van der Waals surface area contributed by atoms with Crippen molar-refractivity contribution >= 4 is 57.6 Å². The zero-order valence-electron chi connectivity index (χ0n) is 21.2. The number of allylic oxidation sites excluding steroid dienone is 1. The number of amides is 4. The minimum absolute atomic E-state index is 0.0223. The third kappa shape index (κ3) is 5.19. The minimum Gasteiger partial charge on any atom is -0.489 e. The van der Waals surface area contributed by atoms with Crippen molar-refractivity contribution in [1.29, 1.82) is 0 Å². The van der Waals surface area contributed by atoms with Crippen molar-refractivity contribution in [2.24, 2.45) is 10.9 Å². The van der Waals surface area contributed by atoms with Crippen LogP contribution in [0.1, 0.15) is 17.9 Å². The van der Waals surface area contributed by atoms with E-state index in [9.17, 15) is 29.1 Å². The van der Waals surface area contributed by atoms with Crippen molar-refractivity contribution in [3.8, 4) is 0 Å². The Labute approximate surface area is 234 Å². The molecular weight excluding hydrogens is 564 g/mol. The second-order valence-corrected chi connectivity index (χ2v) is 9.87. The van der Waals surface area contributed by atoms with Crippen LogP contribution in [0.3, 0.4) is 0 Å². The second-order valence-electron chi connectivity index (χ2n) is 8.98. The maximum Gasteiger partial charge on any atom is 0.356 e. The molecule has 5 rings (SSSR count). The Hall–Kier alpha value is -5.26. The number of oxime groups is 1. The van der Waals surface area contributed by atoms with Crippen LogP contribution in [0.5, 0.6) is 0 Å². The topological polar surface area (TPSA) is 246 Å². The molecule has 1 unspecified atom stereocenters. The number of hydrogen-bond acceptors (Lipinski definition) is 13. The molecule has 4 amide bonds.